The normalized spacial score (nSPS) is 21.0. The number of hydrogen-bond acceptors (Lipinski definition) is 5. The number of nitrogens with one attached hydrogen (secondary N) is 1. The summed E-state index contributed by atoms with van der Waals surface area (Å²) < 4.78 is 2.00. The number of likely N-dealkylation sites (tertiary alicyclic amines) is 1. The van der Waals surface area contributed by atoms with Crippen LogP contribution < -0.4 is 5.32 Å². The van der Waals surface area contributed by atoms with Crippen molar-refractivity contribution in [3.05, 3.63) is 35.5 Å². The van der Waals surface area contributed by atoms with Gasteiger partial charge in [-0.15, -0.1) is 0 Å². The number of anilines is 1. The van der Waals surface area contributed by atoms with E-state index in [9.17, 15) is 0 Å². The zero-order chi connectivity index (χ0) is 16.4. The smallest absolute Gasteiger partial charge is 0.133 e. The average molecular weight is 326 g/mol. The lowest BCUT2D eigenvalue weighted by Crippen LogP contribution is -2.41. The highest BCUT2D eigenvalue weighted by molar-refractivity contribution is 5.48. The lowest BCUT2D eigenvalue weighted by Gasteiger charge is -2.33. The molecule has 128 valence electrons. The fourth-order valence-electron chi connectivity index (χ4n) is 3.91. The summed E-state index contributed by atoms with van der Waals surface area (Å²) in [6, 6.07) is 0.472. The van der Waals surface area contributed by atoms with Crippen molar-refractivity contribution < 1.29 is 0 Å². The number of aryl methyl sites for hydroxylation is 2. The quantitative estimate of drug-likeness (QED) is 0.913. The van der Waals surface area contributed by atoms with Crippen molar-refractivity contribution in [1.29, 1.82) is 0 Å². The van der Waals surface area contributed by atoms with E-state index in [4.69, 9.17) is 0 Å². The highest BCUT2D eigenvalue weighted by Gasteiger charge is 2.23. The third kappa shape index (κ3) is 3.29. The van der Waals surface area contributed by atoms with Crippen LogP contribution in [0.5, 0.6) is 0 Å². The van der Waals surface area contributed by atoms with Gasteiger partial charge >= 0.3 is 0 Å². The SMILES string of the molecule is CCn1cc(CN2CCC[C@H](Nc3ncnc4c3CCC4)C2)cn1. The van der Waals surface area contributed by atoms with Crippen molar-refractivity contribution in [1.82, 2.24) is 24.6 Å². The summed E-state index contributed by atoms with van der Waals surface area (Å²) in [4.78, 5) is 11.5. The average Bonchev–Trinajstić information content (AvgIpc) is 3.24. The second kappa shape index (κ2) is 6.89. The number of fused-ring (bicyclic) bond motifs is 1. The summed E-state index contributed by atoms with van der Waals surface area (Å²) in [5, 5.41) is 8.08. The van der Waals surface area contributed by atoms with Gasteiger partial charge in [-0.2, -0.15) is 5.10 Å². The second-order valence-corrected chi connectivity index (χ2v) is 6.92. The second-order valence-electron chi connectivity index (χ2n) is 6.92. The number of nitrogens with zero attached hydrogens (tertiary/aromatic N) is 5. The number of aromatic nitrogens is 4. The van der Waals surface area contributed by atoms with E-state index in [-0.39, 0.29) is 0 Å². The van der Waals surface area contributed by atoms with Crippen LogP contribution in [0, 0.1) is 0 Å². The molecule has 2 aromatic heterocycles. The molecule has 1 N–H and O–H groups in total. The maximum absolute atomic E-state index is 4.51. The van der Waals surface area contributed by atoms with Crippen molar-refractivity contribution in [2.45, 2.75) is 58.2 Å². The van der Waals surface area contributed by atoms with E-state index in [1.165, 1.54) is 36.1 Å². The third-order valence-electron chi connectivity index (χ3n) is 5.14. The number of hydrogen-bond donors (Lipinski definition) is 1. The standard InChI is InChI=1S/C18H26N6/c1-2-24-11-14(9-21-24)10-23-8-4-5-15(12-23)22-18-16-6-3-7-17(16)19-13-20-18/h9,11,13,15H,2-8,10,12H2,1H3,(H,19,20,22)/t15-/m0/s1. The van der Waals surface area contributed by atoms with Crippen LogP contribution in [-0.2, 0) is 25.9 Å². The van der Waals surface area contributed by atoms with Crippen LogP contribution in [0.4, 0.5) is 5.82 Å². The molecule has 3 heterocycles. The summed E-state index contributed by atoms with van der Waals surface area (Å²) in [6.07, 6.45) is 11.7. The molecule has 6 nitrogen and oxygen atoms in total. The van der Waals surface area contributed by atoms with Crippen LogP contribution in [0.15, 0.2) is 18.7 Å². The molecular weight excluding hydrogens is 300 g/mol. The van der Waals surface area contributed by atoms with Gasteiger partial charge in [0.05, 0.1) is 6.20 Å². The fourth-order valence-corrected chi connectivity index (χ4v) is 3.91. The van der Waals surface area contributed by atoms with Crippen LogP contribution >= 0.6 is 0 Å². The molecule has 0 unspecified atom stereocenters. The summed E-state index contributed by atoms with van der Waals surface area (Å²) >= 11 is 0. The van der Waals surface area contributed by atoms with Gasteiger partial charge < -0.3 is 5.32 Å². The molecule has 1 atom stereocenters. The van der Waals surface area contributed by atoms with E-state index in [1.807, 2.05) is 10.9 Å². The maximum atomic E-state index is 4.51. The Kier molecular flexibility index (Phi) is 4.47. The van der Waals surface area contributed by atoms with Gasteiger partial charge in [0.25, 0.3) is 0 Å². The molecule has 2 aliphatic rings. The molecule has 1 aliphatic heterocycles. The number of rotatable bonds is 5. The summed E-state index contributed by atoms with van der Waals surface area (Å²) in [6.45, 7) is 6.27. The van der Waals surface area contributed by atoms with Gasteiger partial charge in [0.1, 0.15) is 12.1 Å². The minimum Gasteiger partial charge on any atom is -0.366 e. The Morgan fingerprint density at radius 3 is 3.08 bits per heavy atom. The van der Waals surface area contributed by atoms with Crippen molar-refractivity contribution in [3.63, 3.8) is 0 Å². The Bertz CT molecular complexity index is 695. The Labute approximate surface area is 143 Å². The predicted octanol–water partition coefficient (Wildman–Crippen LogP) is 2.26. The molecule has 1 aliphatic carbocycles. The first kappa shape index (κ1) is 15.6. The first-order chi connectivity index (χ1) is 11.8. The molecule has 0 saturated carbocycles. The minimum absolute atomic E-state index is 0.472. The molecule has 2 aromatic rings. The first-order valence-electron chi connectivity index (χ1n) is 9.15. The summed E-state index contributed by atoms with van der Waals surface area (Å²) in [7, 11) is 0. The predicted molar refractivity (Wildman–Crippen MR) is 93.9 cm³/mol. The van der Waals surface area contributed by atoms with Crippen molar-refractivity contribution in [3.8, 4) is 0 Å². The van der Waals surface area contributed by atoms with Gasteiger partial charge in [0.15, 0.2) is 0 Å². The van der Waals surface area contributed by atoms with Gasteiger partial charge in [0, 0.05) is 48.7 Å². The molecule has 6 heteroatoms. The van der Waals surface area contributed by atoms with Crippen molar-refractivity contribution in [2.75, 3.05) is 18.4 Å². The third-order valence-corrected chi connectivity index (χ3v) is 5.14. The number of piperidine rings is 1. The van der Waals surface area contributed by atoms with E-state index in [0.717, 1.165) is 44.8 Å². The molecule has 0 amide bonds. The largest absolute Gasteiger partial charge is 0.366 e. The van der Waals surface area contributed by atoms with Crippen LogP contribution in [0.2, 0.25) is 0 Å². The van der Waals surface area contributed by atoms with E-state index in [1.54, 1.807) is 6.33 Å². The maximum Gasteiger partial charge on any atom is 0.133 e. The van der Waals surface area contributed by atoms with Gasteiger partial charge in [-0.25, -0.2) is 9.97 Å². The topological polar surface area (TPSA) is 58.9 Å². The van der Waals surface area contributed by atoms with Crippen LogP contribution in [0.1, 0.15) is 43.0 Å². The Morgan fingerprint density at radius 2 is 2.21 bits per heavy atom. The monoisotopic (exact) mass is 326 g/mol. The Balaban J connectivity index is 1.39. The van der Waals surface area contributed by atoms with E-state index < -0.39 is 0 Å². The highest BCUT2D eigenvalue weighted by Crippen LogP contribution is 2.26. The summed E-state index contributed by atoms with van der Waals surface area (Å²) in [5.74, 6) is 1.07. The molecule has 1 saturated heterocycles. The molecule has 0 radical (unpaired) electrons. The van der Waals surface area contributed by atoms with Crippen molar-refractivity contribution >= 4 is 5.82 Å². The molecule has 1 fully saturated rings. The lowest BCUT2D eigenvalue weighted by atomic mass is 10.0. The minimum atomic E-state index is 0.472. The van der Waals surface area contributed by atoms with E-state index >= 15 is 0 Å². The molecule has 4 rings (SSSR count). The summed E-state index contributed by atoms with van der Waals surface area (Å²) in [5.41, 5.74) is 3.89. The Morgan fingerprint density at radius 1 is 1.25 bits per heavy atom. The lowest BCUT2D eigenvalue weighted by molar-refractivity contribution is 0.208. The zero-order valence-corrected chi connectivity index (χ0v) is 14.4. The zero-order valence-electron chi connectivity index (χ0n) is 14.4. The van der Waals surface area contributed by atoms with E-state index in [0.29, 0.717) is 6.04 Å². The van der Waals surface area contributed by atoms with E-state index in [2.05, 4.69) is 38.4 Å². The molecule has 0 spiro atoms. The van der Waals surface area contributed by atoms with Gasteiger partial charge in [-0.1, -0.05) is 0 Å². The molecule has 0 aromatic carbocycles. The van der Waals surface area contributed by atoms with Gasteiger partial charge in [-0.3, -0.25) is 9.58 Å². The van der Waals surface area contributed by atoms with Crippen molar-refractivity contribution in [2.24, 2.45) is 0 Å². The van der Waals surface area contributed by atoms with Crippen LogP contribution in [-0.4, -0.2) is 43.8 Å². The van der Waals surface area contributed by atoms with Crippen LogP contribution in [0.25, 0.3) is 0 Å². The molecular formula is C18H26N6. The molecule has 24 heavy (non-hydrogen) atoms. The highest BCUT2D eigenvalue weighted by atomic mass is 15.3. The van der Waals surface area contributed by atoms with Gasteiger partial charge in [-0.05, 0) is 45.6 Å². The van der Waals surface area contributed by atoms with Crippen LogP contribution in [0.3, 0.4) is 0 Å². The fraction of sp³-hybridized carbons (Fsp3) is 0.611. The molecule has 0 bridgehead atoms. The van der Waals surface area contributed by atoms with Gasteiger partial charge in [0.2, 0.25) is 0 Å². The first-order valence-corrected chi connectivity index (χ1v) is 9.15. The Hall–Kier alpha value is -1.95.